The van der Waals surface area contributed by atoms with Gasteiger partial charge >= 0.3 is 5.97 Å². The number of ether oxygens (including phenoxy) is 1. The van der Waals surface area contributed by atoms with Crippen LogP contribution in [0.2, 0.25) is 0 Å². The number of carbonyl (C=O) groups is 1. The molecule has 1 aromatic heterocycles. The third-order valence-electron chi connectivity index (χ3n) is 4.82. The Bertz CT molecular complexity index is 925. The van der Waals surface area contributed by atoms with Crippen LogP contribution in [-0.2, 0) is 4.74 Å². The van der Waals surface area contributed by atoms with Gasteiger partial charge in [0.05, 0.1) is 11.4 Å². The van der Waals surface area contributed by atoms with Gasteiger partial charge in [-0.3, -0.25) is 4.99 Å². The second kappa shape index (κ2) is 7.18. The van der Waals surface area contributed by atoms with Crippen molar-refractivity contribution in [3.63, 3.8) is 0 Å². The van der Waals surface area contributed by atoms with Crippen LogP contribution in [0.25, 0.3) is 5.57 Å². The van der Waals surface area contributed by atoms with Gasteiger partial charge in [0.15, 0.2) is 0 Å². The van der Waals surface area contributed by atoms with Gasteiger partial charge in [-0.25, -0.2) is 4.79 Å². The lowest BCUT2D eigenvalue weighted by atomic mass is 9.96. The van der Waals surface area contributed by atoms with Crippen LogP contribution in [0.3, 0.4) is 0 Å². The summed E-state index contributed by atoms with van der Waals surface area (Å²) in [6.45, 7) is 11.7. The number of aromatic amines is 1. The molecule has 1 N–H and O–H groups in total. The third-order valence-corrected chi connectivity index (χ3v) is 4.82. The summed E-state index contributed by atoms with van der Waals surface area (Å²) >= 11 is 0. The van der Waals surface area contributed by atoms with Crippen LogP contribution in [-0.4, -0.2) is 22.3 Å². The van der Waals surface area contributed by atoms with E-state index in [9.17, 15) is 4.79 Å². The predicted molar refractivity (Wildman–Crippen MR) is 110 cm³/mol. The number of H-pyrrole nitrogens is 1. The summed E-state index contributed by atoms with van der Waals surface area (Å²) in [6, 6.07) is 10.2. The molecule has 0 saturated carbocycles. The summed E-state index contributed by atoms with van der Waals surface area (Å²) in [5, 5.41) is 0. The molecule has 3 rings (SSSR count). The molecule has 2 aromatic rings. The maximum Gasteiger partial charge on any atom is 0.355 e. The average molecular weight is 364 g/mol. The van der Waals surface area contributed by atoms with Crippen LogP contribution < -0.4 is 0 Å². The molecule has 27 heavy (non-hydrogen) atoms. The Kier molecular flexibility index (Phi) is 5.09. The summed E-state index contributed by atoms with van der Waals surface area (Å²) in [6.07, 6.45) is 1.89. The fourth-order valence-electron chi connectivity index (χ4n) is 3.35. The molecule has 0 radical (unpaired) electrons. The second-order valence-electron chi connectivity index (χ2n) is 8.16. The summed E-state index contributed by atoms with van der Waals surface area (Å²) < 4.78 is 5.59. The van der Waals surface area contributed by atoms with Crippen LogP contribution in [0.1, 0.15) is 73.4 Å². The van der Waals surface area contributed by atoms with Crippen LogP contribution in [0, 0.1) is 13.8 Å². The largest absolute Gasteiger partial charge is 0.455 e. The van der Waals surface area contributed by atoms with E-state index in [1.54, 1.807) is 0 Å². The number of nitrogens with zero attached hydrogens (tertiary/aromatic N) is 1. The molecule has 0 spiro atoms. The van der Waals surface area contributed by atoms with E-state index in [2.05, 4.69) is 24.0 Å². The van der Waals surface area contributed by atoms with Crippen LogP contribution >= 0.6 is 0 Å². The quantitative estimate of drug-likeness (QED) is 0.721. The first-order valence-electron chi connectivity index (χ1n) is 9.43. The Balaban J connectivity index is 2.15. The molecule has 0 saturated heterocycles. The Labute approximate surface area is 161 Å². The van der Waals surface area contributed by atoms with Crippen molar-refractivity contribution in [2.24, 2.45) is 4.99 Å². The first-order chi connectivity index (χ1) is 12.7. The van der Waals surface area contributed by atoms with E-state index in [1.165, 1.54) is 0 Å². The zero-order valence-electron chi connectivity index (χ0n) is 17.1. The number of aliphatic imine (C=N–C) groups is 1. The van der Waals surface area contributed by atoms with E-state index >= 15 is 0 Å². The van der Waals surface area contributed by atoms with E-state index < -0.39 is 5.60 Å². The highest BCUT2D eigenvalue weighted by atomic mass is 16.6. The third kappa shape index (κ3) is 4.05. The van der Waals surface area contributed by atoms with Crippen molar-refractivity contribution in [2.45, 2.75) is 60.0 Å². The maximum atomic E-state index is 12.7. The Hall–Kier alpha value is -2.62. The SMILES string of the molecule is CC1=N/C(=C(\c2ccccc2)c2[nH]c(C(=O)OC(C)(C)C)c(C)c2C)CC1. The first-order valence-corrected chi connectivity index (χ1v) is 9.43. The molecule has 1 aromatic carbocycles. The highest BCUT2D eigenvalue weighted by Crippen LogP contribution is 2.35. The number of hydrogen-bond donors (Lipinski definition) is 1. The maximum absolute atomic E-state index is 12.7. The molecule has 0 atom stereocenters. The smallest absolute Gasteiger partial charge is 0.355 e. The van der Waals surface area contributed by atoms with Crippen molar-refractivity contribution in [3.8, 4) is 0 Å². The van der Waals surface area contributed by atoms with Crippen molar-refractivity contribution in [2.75, 3.05) is 0 Å². The highest BCUT2D eigenvalue weighted by molar-refractivity contribution is 5.94. The monoisotopic (exact) mass is 364 g/mol. The number of benzene rings is 1. The summed E-state index contributed by atoms with van der Waals surface area (Å²) in [4.78, 5) is 20.8. The molecule has 1 aliphatic heterocycles. The highest BCUT2D eigenvalue weighted by Gasteiger charge is 2.26. The van der Waals surface area contributed by atoms with E-state index in [1.807, 2.05) is 52.8 Å². The minimum atomic E-state index is -0.531. The Morgan fingerprint density at radius 2 is 1.63 bits per heavy atom. The van der Waals surface area contributed by atoms with Crippen LogP contribution in [0.4, 0.5) is 0 Å². The average Bonchev–Trinajstić information content (AvgIpc) is 3.13. The lowest BCUT2D eigenvalue weighted by molar-refractivity contribution is 0.00627. The molecule has 4 heteroatoms. The molecule has 0 aliphatic carbocycles. The summed E-state index contributed by atoms with van der Waals surface area (Å²) in [5.74, 6) is -0.321. The zero-order valence-corrected chi connectivity index (χ0v) is 17.1. The van der Waals surface area contributed by atoms with Crippen molar-refractivity contribution >= 4 is 17.3 Å². The standard InChI is InChI=1S/C23H28N2O2/c1-14-12-13-18(24-14)19(17-10-8-7-9-11-17)20-15(2)16(3)21(25-20)22(26)27-23(4,5)6/h7-11,25H,12-13H2,1-6H3/b19-18+. The molecule has 142 valence electrons. The van der Waals surface area contributed by atoms with E-state index in [0.717, 1.165) is 52.2 Å². The predicted octanol–water partition coefficient (Wildman–Crippen LogP) is 5.60. The van der Waals surface area contributed by atoms with E-state index in [0.29, 0.717) is 5.69 Å². The lowest BCUT2D eigenvalue weighted by Crippen LogP contribution is -2.24. The Morgan fingerprint density at radius 1 is 1.00 bits per heavy atom. The number of aromatic nitrogens is 1. The number of allylic oxidation sites excluding steroid dienone is 1. The number of rotatable bonds is 3. The van der Waals surface area contributed by atoms with Crippen LogP contribution in [0.5, 0.6) is 0 Å². The van der Waals surface area contributed by atoms with E-state index in [4.69, 9.17) is 9.73 Å². The van der Waals surface area contributed by atoms with Crippen molar-refractivity contribution in [1.29, 1.82) is 0 Å². The van der Waals surface area contributed by atoms with Crippen molar-refractivity contribution in [3.05, 3.63) is 64.1 Å². The molecule has 0 fully saturated rings. The molecular weight excluding hydrogens is 336 g/mol. The van der Waals surface area contributed by atoms with Gasteiger partial charge in [0.1, 0.15) is 11.3 Å². The van der Waals surface area contributed by atoms with E-state index in [-0.39, 0.29) is 5.97 Å². The fourth-order valence-corrected chi connectivity index (χ4v) is 3.35. The van der Waals surface area contributed by atoms with Gasteiger partial charge in [0, 0.05) is 11.3 Å². The van der Waals surface area contributed by atoms with Gasteiger partial charge in [0.2, 0.25) is 0 Å². The van der Waals surface area contributed by atoms with Gasteiger partial charge in [-0.15, -0.1) is 0 Å². The minimum Gasteiger partial charge on any atom is -0.455 e. The number of hydrogen-bond acceptors (Lipinski definition) is 3. The van der Waals surface area contributed by atoms with Crippen LogP contribution in [0.15, 0.2) is 41.0 Å². The lowest BCUT2D eigenvalue weighted by Gasteiger charge is -2.19. The zero-order chi connectivity index (χ0) is 19.8. The van der Waals surface area contributed by atoms with Crippen molar-refractivity contribution in [1.82, 2.24) is 4.98 Å². The van der Waals surface area contributed by atoms with Gasteiger partial charge < -0.3 is 9.72 Å². The Morgan fingerprint density at radius 3 is 2.19 bits per heavy atom. The number of esters is 1. The number of carbonyl (C=O) groups excluding carboxylic acids is 1. The van der Waals surface area contributed by atoms with Gasteiger partial charge in [-0.2, -0.15) is 0 Å². The molecule has 0 unspecified atom stereocenters. The molecule has 1 aliphatic rings. The molecule has 4 nitrogen and oxygen atoms in total. The minimum absolute atomic E-state index is 0.321. The molecule has 2 heterocycles. The van der Waals surface area contributed by atoms with Crippen molar-refractivity contribution < 1.29 is 9.53 Å². The topological polar surface area (TPSA) is 54.5 Å². The molecule has 0 amide bonds. The van der Waals surface area contributed by atoms with Gasteiger partial charge in [0.25, 0.3) is 0 Å². The fraction of sp³-hybridized carbons (Fsp3) is 0.391. The van der Waals surface area contributed by atoms with Gasteiger partial charge in [-0.05, 0) is 71.1 Å². The molecular formula is C23H28N2O2. The second-order valence-corrected chi connectivity index (χ2v) is 8.16. The molecule has 0 bridgehead atoms. The number of nitrogens with one attached hydrogen (secondary N) is 1. The summed E-state index contributed by atoms with van der Waals surface area (Å²) in [7, 11) is 0. The normalized spacial score (nSPS) is 16.3. The van der Waals surface area contributed by atoms with Gasteiger partial charge in [-0.1, -0.05) is 30.3 Å². The first kappa shape index (κ1) is 19.2. The summed E-state index contributed by atoms with van der Waals surface area (Å²) in [5.41, 5.74) is 7.31.